The Morgan fingerprint density at radius 1 is 1.26 bits per heavy atom. The van der Waals surface area contributed by atoms with Gasteiger partial charge in [0.15, 0.2) is 0 Å². The van der Waals surface area contributed by atoms with Crippen molar-refractivity contribution in [3.05, 3.63) is 41.6 Å². The van der Waals surface area contributed by atoms with Crippen molar-refractivity contribution in [2.24, 2.45) is 7.05 Å². The minimum Gasteiger partial charge on any atom is -0.497 e. The molecule has 1 aromatic heterocycles. The minimum atomic E-state index is -0.454. The first-order chi connectivity index (χ1) is 11.0. The van der Waals surface area contributed by atoms with Gasteiger partial charge in [0.1, 0.15) is 11.6 Å². The van der Waals surface area contributed by atoms with E-state index in [4.69, 9.17) is 4.74 Å². The molecule has 122 valence electrons. The van der Waals surface area contributed by atoms with Crippen molar-refractivity contribution in [2.75, 3.05) is 12.4 Å². The van der Waals surface area contributed by atoms with Crippen LogP contribution in [0.5, 0.6) is 5.75 Å². The number of anilines is 1. The van der Waals surface area contributed by atoms with Crippen molar-refractivity contribution in [3.8, 4) is 5.75 Å². The Bertz CT molecular complexity index is 698. The number of nitrogens with zero attached hydrogens (tertiary/aromatic N) is 2. The molecule has 0 radical (unpaired) electrons. The Labute approximate surface area is 136 Å². The molecule has 0 aliphatic heterocycles. The summed E-state index contributed by atoms with van der Waals surface area (Å²) in [6.45, 7) is 1.92. The highest BCUT2D eigenvalue weighted by Gasteiger charge is 2.42. The molecule has 23 heavy (non-hydrogen) atoms. The molecule has 2 aromatic rings. The highest BCUT2D eigenvalue weighted by molar-refractivity contribution is 5.99. The van der Waals surface area contributed by atoms with E-state index in [-0.39, 0.29) is 5.91 Å². The minimum absolute atomic E-state index is 0.0585. The maximum atomic E-state index is 13.1. The lowest BCUT2D eigenvalue weighted by molar-refractivity contribution is -0.121. The van der Waals surface area contributed by atoms with Gasteiger partial charge in [0.25, 0.3) is 0 Å². The van der Waals surface area contributed by atoms with E-state index in [1.54, 1.807) is 11.8 Å². The number of rotatable bonds is 4. The average molecular weight is 313 g/mol. The highest BCUT2D eigenvalue weighted by Crippen LogP contribution is 2.42. The molecule has 1 amide bonds. The van der Waals surface area contributed by atoms with Crippen molar-refractivity contribution < 1.29 is 9.53 Å². The van der Waals surface area contributed by atoms with Crippen LogP contribution in [0.25, 0.3) is 0 Å². The Hall–Kier alpha value is -2.30. The fourth-order valence-electron chi connectivity index (χ4n) is 3.50. The number of amides is 1. The van der Waals surface area contributed by atoms with Crippen LogP contribution in [-0.2, 0) is 17.3 Å². The predicted molar refractivity (Wildman–Crippen MR) is 89.7 cm³/mol. The van der Waals surface area contributed by atoms with Gasteiger partial charge < -0.3 is 10.1 Å². The van der Waals surface area contributed by atoms with E-state index in [1.807, 2.05) is 44.3 Å². The molecule has 1 aromatic carbocycles. The van der Waals surface area contributed by atoms with Crippen molar-refractivity contribution in [1.82, 2.24) is 9.78 Å². The monoisotopic (exact) mass is 313 g/mol. The summed E-state index contributed by atoms with van der Waals surface area (Å²) in [5, 5.41) is 7.37. The SMILES string of the molecule is COc1ccc(C2(C(=O)Nc3cc(C)nn3C)CCCC2)cc1. The van der Waals surface area contributed by atoms with Gasteiger partial charge in [0, 0.05) is 13.1 Å². The summed E-state index contributed by atoms with van der Waals surface area (Å²) in [7, 11) is 3.50. The molecule has 5 nitrogen and oxygen atoms in total. The van der Waals surface area contributed by atoms with Crippen LogP contribution >= 0.6 is 0 Å². The Balaban J connectivity index is 1.90. The van der Waals surface area contributed by atoms with Gasteiger partial charge in [-0.15, -0.1) is 0 Å². The van der Waals surface area contributed by atoms with E-state index in [2.05, 4.69) is 10.4 Å². The Morgan fingerprint density at radius 3 is 2.43 bits per heavy atom. The van der Waals surface area contributed by atoms with E-state index in [9.17, 15) is 4.79 Å². The number of nitrogens with one attached hydrogen (secondary N) is 1. The molecule has 0 unspecified atom stereocenters. The van der Waals surface area contributed by atoms with Gasteiger partial charge in [0.05, 0.1) is 18.2 Å². The molecule has 3 rings (SSSR count). The molecule has 1 fully saturated rings. The Morgan fingerprint density at radius 2 is 1.91 bits per heavy atom. The third-order valence-corrected chi connectivity index (χ3v) is 4.78. The number of aromatic nitrogens is 2. The van der Waals surface area contributed by atoms with Crippen LogP contribution in [0.3, 0.4) is 0 Å². The van der Waals surface area contributed by atoms with E-state index >= 15 is 0 Å². The van der Waals surface area contributed by atoms with Gasteiger partial charge >= 0.3 is 0 Å². The molecular weight excluding hydrogens is 290 g/mol. The normalized spacial score (nSPS) is 16.3. The average Bonchev–Trinajstić information content (AvgIpc) is 3.15. The quantitative estimate of drug-likeness (QED) is 0.943. The van der Waals surface area contributed by atoms with Crippen LogP contribution in [0.2, 0.25) is 0 Å². The summed E-state index contributed by atoms with van der Waals surface area (Å²) >= 11 is 0. The van der Waals surface area contributed by atoms with Crippen molar-refractivity contribution in [1.29, 1.82) is 0 Å². The highest BCUT2D eigenvalue weighted by atomic mass is 16.5. The van der Waals surface area contributed by atoms with Crippen LogP contribution in [-0.4, -0.2) is 22.8 Å². The maximum absolute atomic E-state index is 13.1. The topological polar surface area (TPSA) is 56.1 Å². The molecule has 5 heteroatoms. The number of hydrogen-bond acceptors (Lipinski definition) is 3. The molecule has 0 saturated heterocycles. The molecule has 1 N–H and O–H groups in total. The van der Waals surface area contributed by atoms with Crippen molar-refractivity contribution in [2.45, 2.75) is 38.0 Å². The van der Waals surface area contributed by atoms with Crippen LogP contribution in [0, 0.1) is 6.92 Å². The van der Waals surface area contributed by atoms with Gasteiger partial charge in [-0.3, -0.25) is 9.48 Å². The van der Waals surface area contributed by atoms with Gasteiger partial charge in [0.2, 0.25) is 5.91 Å². The number of aryl methyl sites for hydroxylation is 2. The second-order valence-corrected chi connectivity index (χ2v) is 6.27. The third-order valence-electron chi connectivity index (χ3n) is 4.78. The van der Waals surface area contributed by atoms with Crippen LogP contribution in [0.1, 0.15) is 36.9 Å². The zero-order valence-electron chi connectivity index (χ0n) is 13.9. The molecule has 1 aliphatic rings. The van der Waals surface area contributed by atoms with Gasteiger partial charge in [-0.2, -0.15) is 5.10 Å². The maximum Gasteiger partial charge on any atom is 0.236 e. The first-order valence-electron chi connectivity index (χ1n) is 8.02. The predicted octanol–water partition coefficient (Wildman–Crippen LogP) is 3.19. The van der Waals surface area contributed by atoms with E-state index in [1.165, 1.54) is 0 Å². The largest absolute Gasteiger partial charge is 0.497 e. The number of hydrogen-bond donors (Lipinski definition) is 1. The fourth-order valence-corrected chi connectivity index (χ4v) is 3.50. The van der Waals surface area contributed by atoms with Crippen molar-refractivity contribution >= 4 is 11.7 Å². The number of benzene rings is 1. The number of carbonyl (C=O) groups is 1. The lowest BCUT2D eigenvalue weighted by Gasteiger charge is -2.28. The fraction of sp³-hybridized carbons (Fsp3) is 0.444. The third kappa shape index (κ3) is 2.83. The summed E-state index contributed by atoms with van der Waals surface area (Å²) in [6, 6.07) is 9.78. The molecule has 1 heterocycles. The first-order valence-corrected chi connectivity index (χ1v) is 8.02. The van der Waals surface area contributed by atoms with Crippen LogP contribution in [0.15, 0.2) is 30.3 Å². The summed E-state index contributed by atoms with van der Waals surface area (Å²) in [6.07, 6.45) is 3.90. The zero-order valence-corrected chi connectivity index (χ0v) is 13.9. The summed E-state index contributed by atoms with van der Waals surface area (Å²) < 4.78 is 6.94. The van der Waals surface area contributed by atoms with Gasteiger partial charge in [-0.1, -0.05) is 25.0 Å². The molecule has 0 bridgehead atoms. The van der Waals surface area contributed by atoms with Gasteiger partial charge in [-0.25, -0.2) is 0 Å². The van der Waals surface area contributed by atoms with Gasteiger partial charge in [-0.05, 0) is 37.5 Å². The second kappa shape index (κ2) is 6.07. The van der Waals surface area contributed by atoms with Crippen LogP contribution in [0.4, 0.5) is 5.82 Å². The second-order valence-electron chi connectivity index (χ2n) is 6.27. The smallest absolute Gasteiger partial charge is 0.236 e. The molecular formula is C18H23N3O2. The summed E-state index contributed by atoms with van der Waals surface area (Å²) in [5.74, 6) is 1.61. The lowest BCUT2D eigenvalue weighted by atomic mass is 9.78. The van der Waals surface area contributed by atoms with E-state index in [0.29, 0.717) is 0 Å². The number of carbonyl (C=O) groups excluding carboxylic acids is 1. The van der Waals surface area contributed by atoms with E-state index < -0.39 is 5.41 Å². The molecule has 0 atom stereocenters. The van der Waals surface area contributed by atoms with Crippen molar-refractivity contribution in [3.63, 3.8) is 0 Å². The Kier molecular flexibility index (Phi) is 4.11. The summed E-state index contributed by atoms with van der Waals surface area (Å²) in [5.41, 5.74) is 1.50. The van der Waals surface area contributed by atoms with Crippen LogP contribution < -0.4 is 10.1 Å². The van der Waals surface area contributed by atoms with E-state index in [0.717, 1.165) is 48.5 Å². The molecule has 0 spiro atoms. The standard InChI is InChI=1S/C18H23N3O2/c1-13-12-16(21(2)20-13)19-17(22)18(10-4-5-11-18)14-6-8-15(23-3)9-7-14/h6-9,12H,4-5,10-11H2,1-3H3,(H,19,22). The zero-order chi connectivity index (χ0) is 16.4. The number of ether oxygens (including phenoxy) is 1. The lowest BCUT2D eigenvalue weighted by Crippen LogP contribution is -2.38. The molecule has 1 saturated carbocycles. The number of methoxy groups -OCH3 is 1. The first kappa shape index (κ1) is 15.6. The molecule has 1 aliphatic carbocycles. The summed E-state index contributed by atoms with van der Waals surface area (Å²) in [4.78, 5) is 13.1.